The van der Waals surface area contributed by atoms with Crippen molar-refractivity contribution in [2.24, 2.45) is 11.8 Å². The van der Waals surface area contributed by atoms with E-state index in [9.17, 15) is 9.59 Å². The van der Waals surface area contributed by atoms with E-state index in [-0.39, 0.29) is 18.1 Å². The van der Waals surface area contributed by atoms with Gasteiger partial charge in [0.25, 0.3) is 0 Å². The van der Waals surface area contributed by atoms with Gasteiger partial charge in [-0.25, -0.2) is 0 Å². The molecule has 0 unspecified atom stereocenters. The first-order chi connectivity index (χ1) is 13.4. The van der Waals surface area contributed by atoms with Crippen LogP contribution in [0.15, 0.2) is 23.8 Å². The molecule has 0 bridgehead atoms. The lowest BCUT2D eigenvalue weighted by atomic mass is 9.76. The molecule has 1 aromatic rings. The van der Waals surface area contributed by atoms with Crippen molar-refractivity contribution in [3.05, 3.63) is 46.0 Å². The summed E-state index contributed by atoms with van der Waals surface area (Å²) in [6.07, 6.45) is 6.75. The molecule has 3 aliphatic rings. The Bertz CT molecular complexity index is 814. The molecule has 0 spiro atoms. The average molecular weight is 383 g/mol. The maximum atomic E-state index is 12.4. The molecule has 28 heavy (non-hydrogen) atoms. The van der Waals surface area contributed by atoms with Crippen molar-refractivity contribution < 1.29 is 19.1 Å². The lowest BCUT2D eigenvalue weighted by molar-refractivity contribution is -0.155. The van der Waals surface area contributed by atoms with Gasteiger partial charge in [-0.1, -0.05) is 36.6 Å². The molecule has 4 heteroatoms. The van der Waals surface area contributed by atoms with Crippen molar-refractivity contribution in [2.75, 3.05) is 0 Å². The molecular weight excluding hydrogens is 352 g/mol. The number of allylic oxidation sites excluding steroid dienone is 1. The smallest absolute Gasteiger partial charge is 0.320 e. The van der Waals surface area contributed by atoms with Gasteiger partial charge in [0, 0.05) is 5.92 Å². The molecule has 1 heterocycles. The zero-order valence-electron chi connectivity index (χ0n) is 17.3. The van der Waals surface area contributed by atoms with Crippen LogP contribution in [-0.4, -0.2) is 24.1 Å². The monoisotopic (exact) mass is 382 g/mol. The van der Waals surface area contributed by atoms with Crippen LogP contribution in [0.3, 0.4) is 0 Å². The van der Waals surface area contributed by atoms with Gasteiger partial charge in [0.2, 0.25) is 0 Å². The van der Waals surface area contributed by atoms with E-state index < -0.39 is 17.9 Å². The summed E-state index contributed by atoms with van der Waals surface area (Å²) in [5.41, 5.74) is 6.38. The minimum atomic E-state index is -0.486. The molecule has 1 aliphatic heterocycles. The summed E-state index contributed by atoms with van der Waals surface area (Å²) in [7, 11) is 0. The van der Waals surface area contributed by atoms with Gasteiger partial charge < -0.3 is 9.47 Å². The molecule has 2 aliphatic carbocycles. The standard InChI is InChI=1S/C24H30O4/c1-13-11-15(3)20(16(4)12-13)17-7-5-6-8-19(17)27-22-14(2)9-10-18-21(22)24(26)28-23(18)25/h9,11-12,17-19,21-22H,5-8,10H2,1-4H3/t17-,18-,19-,21-,22+/m1/s1. The lowest BCUT2D eigenvalue weighted by Gasteiger charge is -2.39. The van der Waals surface area contributed by atoms with Gasteiger partial charge in [-0.3, -0.25) is 9.59 Å². The summed E-state index contributed by atoms with van der Waals surface area (Å²) < 4.78 is 11.6. The molecular formula is C24H30O4. The Morgan fingerprint density at radius 2 is 1.61 bits per heavy atom. The molecule has 150 valence electrons. The van der Waals surface area contributed by atoms with Crippen molar-refractivity contribution in [1.29, 1.82) is 0 Å². The second-order valence-electron chi connectivity index (χ2n) is 8.85. The van der Waals surface area contributed by atoms with Crippen LogP contribution in [0.4, 0.5) is 0 Å². The van der Waals surface area contributed by atoms with Crippen LogP contribution < -0.4 is 0 Å². The summed E-state index contributed by atoms with van der Waals surface area (Å²) in [5, 5.41) is 0. The summed E-state index contributed by atoms with van der Waals surface area (Å²) in [4.78, 5) is 24.4. The van der Waals surface area contributed by atoms with Crippen LogP contribution in [0.2, 0.25) is 0 Å². The second-order valence-corrected chi connectivity index (χ2v) is 8.85. The van der Waals surface area contributed by atoms with Crippen molar-refractivity contribution >= 4 is 11.9 Å². The summed E-state index contributed by atoms with van der Waals surface area (Å²) in [6, 6.07) is 4.51. The van der Waals surface area contributed by atoms with Crippen LogP contribution in [0.25, 0.3) is 0 Å². The number of hydrogen-bond donors (Lipinski definition) is 0. The highest BCUT2D eigenvalue weighted by molar-refractivity contribution is 5.97. The van der Waals surface area contributed by atoms with E-state index in [1.807, 2.05) is 13.0 Å². The normalized spacial score (nSPS) is 32.7. The number of carbonyl (C=O) groups is 2. The molecule has 5 atom stereocenters. The van der Waals surface area contributed by atoms with Crippen LogP contribution in [0, 0.1) is 32.6 Å². The Hall–Kier alpha value is -1.94. The van der Waals surface area contributed by atoms with E-state index in [2.05, 4.69) is 32.9 Å². The van der Waals surface area contributed by atoms with E-state index in [0.29, 0.717) is 12.3 Å². The van der Waals surface area contributed by atoms with Crippen molar-refractivity contribution in [3.63, 3.8) is 0 Å². The predicted octanol–water partition coefficient (Wildman–Crippen LogP) is 4.69. The third kappa shape index (κ3) is 3.32. The highest BCUT2D eigenvalue weighted by Crippen LogP contribution is 2.43. The van der Waals surface area contributed by atoms with Gasteiger partial charge in [0.1, 0.15) is 5.92 Å². The molecule has 4 rings (SSSR count). The van der Waals surface area contributed by atoms with Gasteiger partial charge in [0.05, 0.1) is 18.1 Å². The topological polar surface area (TPSA) is 52.6 Å². The van der Waals surface area contributed by atoms with E-state index >= 15 is 0 Å². The number of cyclic esters (lactones) is 2. The van der Waals surface area contributed by atoms with Crippen LogP contribution in [0.5, 0.6) is 0 Å². The fourth-order valence-electron chi connectivity index (χ4n) is 5.59. The lowest BCUT2D eigenvalue weighted by Crippen LogP contribution is -2.41. The van der Waals surface area contributed by atoms with Gasteiger partial charge in [-0.2, -0.15) is 0 Å². The Balaban J connectivity index is 1.64. The van der Waals surface area contributed by atoms with E-state index in [1.54, 1.807) is 0 Å². The Labute approximate surface area is 167 Å². The molecule has 2 fully saturated rings. The highest BCUT2D eigenvalue weighted by Gasteiger charge is 2.51. The first-order valence-corrected chi connectivity index (χ1v) is 10.5. The first-order valence-electron chi connectivity index (χ1n) is 10.5. The number of esters is 2. The highest BCUT2D eigenvalue weighted by atomic mass is 16.6. The molecule has 4 nitrogen and oxygen atoms in total. The fourth-order valence-corrected chi connectivity index (χ4v) is 5.59. The first kappa shape index (κ1) is 19.4. The third-order valence-electron chi connectivity index (χ3n) is 6.81. The average Bonchev–Trinajstić information content (AvgIpc) is 2.92. The van der Waals surface area contributed by atoms with Crippen LogP contribution in [-0.2, 0) is 19.1 Å². The van der Waals surface area contributed by atoms with E-state index in [4.69, 9.17) is 9.47 Å². The molecule has 0 N–H and O–H groups in total. The molecule has 1 saturated heterocycles. The summed E-state index contributed by atoms with van der Waals surface area (Å²) in [5.74, 6) is -1.35. The SMILES string of the molecule is CC1=CC[C@H]2C(=O)OC(=O)[C@H]2[C@H]1O[C@@H]1CCCC[C@H]1c1c(C)cc(C)cc1C. The maximum Gasteiger partial charge on any atom is 0.320 e. The van der Waals surface area contributed by atoms with E-state index in [0.717, 1.165) is 24.8 Å². The Morgan fingerprint density at radius 3 is 2.32 bits per heavy atom. The number of benzene rings is 1. The van der Waals surface area contributed by atoms with Gasteiger partial charge in [-0.05, 0) is 69.2 Å². The Kier molecular flexibility index (Phi) is 5.17. The number of fused-ring (bicyclic) bond motifs is 1. The minimum absolute atomic E-state index is 0.0597. The zero-order chi connectivity index (χ0) is 20.0. The largest absolute Gasteiger partial charge is 0.393 e. The number of rotatable bonds is 3. The predicted molar refractivity (Wildman–Crippen MR) is 107 cm³/mol. The second kappa shape index (κ2) is 7.47. The van der Waals surface area contributed by atoms with Crippen molar-refractivity contribution in [2.45, 2.75) is 77.9 Å². The minimum Gasteiger partial charge on any atom is -0.393 e. The van der Waals surface area contributed by atoms with Crippen LogP contribution >= 0.6 is 0 Å². The fraction of sp³-hybridized carbons (Fsp3) is 0.583. The van der Waals surface area contributed by atoms with Crippen LogP contribution in [0.1, 0.15) is 67.2 Å². The molecule has 0 aromatic heterocycles. The van der Waals surface area contributed by atoms with Crippen molar-refractivity contribution in [3.8, 4) is 0 Å². The zero-order valence-corrected chi connectivity index (χ0v) is 17.3. The maximum absolute atomic E-state index is 12.4. The van der Waals surface area contributed by atoms with Gasteiger partial charge in [-0.15, -0.1) is 0 Å². The quantitative estimate of drug-likeness (QED) is 0.432. The molecule has 0 radical (unpaired) electrons. The van der Waals surface area contributed by atoms with Gasteiger partial charge >= 0.3 is 11.9 Å². The Morgan fingerprint density at radius 1 is 0.929 bits per heavy atom. The number of hydrogen-bond acceptors (Lipinski definition) is 4. The molecule has 1 aromatic carbocycles. The van der Waals surface area contributed by atoms with Crippen molar-refractivity contribution in [1.82, 2.24) is 0 Å². The number of ether oxygens (including phenoxy) is 2. The van der Waals surface area contributed by atoms with E-state index in [1.165, 1.54) is 28.7 Å². The third-order valence-corrected chi connectivity index (χ3v) is 6.81. The van der Waals surface area contributed by atoms with Gasteiger partial charge in [0.15, 0.2) is 0 Å². The number of aryl methyl sites for hydroxylation is 3. The number of carbonyl (C=O) groups excluding carboxylic acids is 2. The summed E-state index contributed by atoms with van der Waals surface area (Å²) in [6.45, 7) is 8.53. The molecule has 1 saturated carbocycles. The summed E-state index contributed by atoms with van der Waals surface area (Å²) >= 11 is 0. The molecule has 0 amide bonds.